The van der Waals surface area contributed by atoms with Gasteiger partial charge >= 0.3 is 0 Å². The van der Waals surface area contributed by atoms with Gasteiger partial charge in [0.05, 0.1) is 28.4 Å². The highest BCUT2D eigenvalue weighted by molar-refractivity contribution is 7.99. The van der Waals surface area contributed by atoms with Crippen molar-refractivity contribution in [1.82, 2.24) is 4.98 Å². The van der Waals surface area contributed by atoms with Crippen molar-refractivity contribution in [3.05, 3.63) is 53.1 Å². The molecule has 0 bridgehead atoms. The molecule has 0 N–H and O–H groups in total. The Balaban J connectivity index is 1.77. The van der Waals surface area contributed by atoms with Crippen molar-refractivity contribution < 1.29 is 9.53 Å². The van der Waals surface area contributed by atoms with Gasteiger partial charge in [0.1, 0.15) is 0 Å². The van der Waals surface area contributed by atoms with E-state index >= 15 is 0 Å². The predicted octanol–water partition coefficient (Wildman–Crippen LogP) is 5.85. The second-order valence-corrected chi connectivity index (χ2v) is 9.64. The van der Waals surface area contributed by atoms with Gasteiger partial charge in [-0.3, -0.25) is 9.69 Å². The second-order valence-electron chi connectivity index (χ2n) is 7.35. The lowest BCUT2D eigenvalue weighted by atomic mass is 10.1. The summed E-state index contributed by atoms with van der Waals surface area (Å²) in [5.74, 6) is 0.932. The number of thiazole rings is 1. The minimum absolute atomic E-state index is 0.00594. The van der Waals surface area contributed by atoms with Crippen molar-refractivity contribution in [2.45, 2.75) is 44.6 Å². The van der Waals surface area contributed by atoms with E-state index < -0.39 is 0 Å². The molecule has 2 aromatic carbocycles. The number of carbonyl (C=O) groups is 1. The van der Waals surface area contributed by atoms with Gasteiger partial charge in [-0.15, -0.1) is 11.8 Å². The molecular weight excluding hydrogens is 400 g/mol. The van der Waals surface area contributed by atoms with Gasteiger partial charge in [0, 0.05) is 11.5 Å². The highest BCUT2D eigenvalue weighted by Gasteiger charge is 2.28. The van der Waals surface area contributed by atoms with Crippen molar-refractivity contribution in [3.63, 3.8) is 0 Å². The van der Waals surface area contributed by atoms with E-state index in [0.717, 1.165) is 56.6 Å². The first-order valence-corrected chi connectivity index (χ1v) is 11.9. The number of hydrogen-bond acceptors (Lipinski definition) is 5. The van der Waals surface area contributed by atoms with E-state index in [9.17, 15) is 4.79 Å². The van der Waals surface area contributed by atoms with Gasteiger partial charge in [0.2, 0.25) is 0 Å². The van der Waals surface area contributed by atoms with Crippen LogP contribution in [-0.2, 0) is 4.74 Å². The van der Waals surface area contributed by atoms with Gasteiger partial charge in [-0.2, -0.15) is 0 Å². The summed E-state index contributed by atoms with van der Waals surface area (Å²) in [5, 5.41) is 0.759. The number of anilines is 1. The van der Waals surface area contributed by atoms with Crippen molar-refractivity contribution >= 4 is 44.4 Å². The van der Waals surface area contributed by atoms with Crippen molar-refractivity contribution in [1.29, 1.82) is 0 Å². The van der Waals surface area contributed by atoms with E-state index in [4.69, 9.17) is 9.72 Å². The predicted molar refractivity (Wildman–Crippen MR) is 123 cm³/mol. The molecule has 1 atom stereocenters. The fourth-order valence-electron chi connectivity index (χ4n) is 3.67. The van der Waals surface area contributed by atoms with Gasteiger partial charge in [-0.1, -0.05) is 42.5 Å². The Morgan fingerprint density at radius 2 is 2.03 bits per heavy atom. The van der Waals surface area contributed by atoms with Gasteiger partial charge in [0.25, 0.3) is 5.91 Å². The van der Waals surface area contributed by atoms with E-state index in [0.29, 0.717) is 6.54 Å². The van der Waals surface area contributed by atoms with Crippen LogP contribution >= 0.6 is 23.1 Å². The van der Waals surface area contributed by atoms with E-state index in [1.165, 1.54) is 5.56 Å². The molecule has 6 heteroatoms. The molecule has 1 unspecified atom stereocenters. The molecule has 1 fully saturated rings. The fourth-order valence-corrected chi connectivity index (χ4v) is 5.59. The maximum atomic E-state index is 13.7. The molecule has 1 saturated heterocycles. The standard InChI is InChI=1S/C23H26N2O2S2/c1-4-28-19-10-6-5-9-18(19)22(26)25(14-17-8-7-13-27-17)23-24-20-15(2)11-12-16(3)21(20)29-23/h5-6,9-12,17H,4,7-8,13-14H2,1-3H3. The summed E-state index contributed by atoms with van der Waals surface area (Å²) in [6.45, 7) is 7.60. The highest BCUT2D eigenvalue weighted by atomic mass is 32.2. The minimum atomic E-state index is 0.00594. The molecule has 3 aromatic rings. The van der Waals surface area contributed by atoms with Crippen molar-refractivity contribution in [2.75, 3.05) is 23.8 Å². The highest BCUT2D eigenvalue weighted by Crippen LogP contribution is 2.35. The SMILES string of the molecule is CCSc1ccccc1C(=O)N(CC1CCCO1)c1nc2c(C)ccc(C)c2s1. The summed E-state index contributed by atoms with van der Waals surface area (Å²) in [7, 11) is 0. The van der Waals surface area contributed by atoms with E-state index in [1.54, 1.807) is 23.1 Å². The third kappa shape index (κ3) is 4.20. The van der Waals surface area contributed by atoms with Crippen LogP contribution in [0.5, 0.6) is 0 Å². The van der Waals surface area contributed by atoms with Gasteiger partial charge in [-0.25, -0.2) is 4.98 Å². The summed E-state index contributed by atoms with van der Waals surface area (Å²) < 4.78 is 7.02. The number of rotatable bonds is 6. The Kier molecular flexibility index (Phi) is 6.23. The lowest BCUT2D eigenvalue weighted by Crippen LogP contribution is -2.37. The molecule has 4 nitrogen and oxygen atoms in total. The van der Waals surface area contributed by atoms with E-state index in [1.807, 2.05) is 29.2 Å². The molecule has 1 aliphatic rings. The fraction of sp³-hybridized carbons (Fsp3) is 0.391. The molecule has 0 spiro atoms. The van der Waals surface area contributed by atoms with Crippen LogP contribution in [0.2, 0.25) is 0 Å². The van der Waals surface area contributed by atoms with Crippen LogP contribution in [-0.4, -0.2) is 35.9 Å². The average Bonchev–Trinajstić information content (AvgIpc) is 3.40. The Bertz CT molecular complexity index is 986. The summed E-state index contributed by atoms with van der Waals surface area (Å²) in [6.07, 6.45) is 2.10. The number of amides is 1. The van der Waals surface area contributed by atoms with Gasteiger partial charge in [0.15, 0.2) is 5.13 Å². The first kappa shape index (κ1) is 20.4. The largest absolute Gasteiger partial charge is 0.376 e. The molecule has 29 heavy (non-hydrogen) atoms. The number of benzene rings is 2. The summed E-state index contributed by atoms with van der Waals surface area (Å²) in [5.41, 5.74) is 4.07. The maximum Gasteiger partial charge on any atom is 0.261 e. The van der Waals surface area contributed by atoms with E-state index in [2.05, 4.69) is 32.9 Å². The molecule has 0 aliphatic carbocycles. The normalized spacial score (nSPS) is 16.4. The molecular formula is C23H26N2O2S2. The zero-order valence-corrected chi connectivity index (χ0v) is 18.7. The van der Waals surface area contributed by atoms with Crippen LogP contribution in [0.1, 0.15) is 41.3 Å². The lowest BCUT2D eigenvalue weighted by molar-refractivity contribution is 0.0915. The zero-order valence-electron chi connectivity index (χ0n) is 17.1. The lowest BCUT2D eigenvalue weighted by Gasteiger charge is -2.24. The monoisotopic (exact) mass is 426 g/mol. The van der Waals surface area contributed by atoms with Gasteiger partial charge in [-0.05, 0) is 55.7 Å². The summed E-state index contributed by atoms with van der Waals surface area (Å²) in [6, 6.07) is 12.1. The molecule has 152 valence electrons. The maximum absolute atomic E-state index is 13.7. The van der Waals surface area contributed by atoms with Crippen LogP contribution in [0.3, 0.4) is 0 Å². The van der Waals surface area contributed by atoms with Crippen LogP contribution in [0.15, 0.2) is 41.3 Å². The first-order chi connectivity index (χ1) is 14.1. The van der Waals surface area contributed by atoms with Crippen molar-refractivity contribution in [2.24, 2.45) is 0 Å². The number of aromatic nitrogens is 1. The Hall–Kier alpha value is -1.89. The molecule has 4 rings (SSSR count). The van der Waals surface area contributed by atoms with Crippen LogP contribution in [0.25, 0.3) is 10.2 Å². The number of carbonyl (C=O) groups excluding carboxylic acids is 1. The number of thioether (sulfide) groups is 1. The molecule has 1 aromatic heterocycles. The third-order valence-corrected chi connectivity index (χ3v) is 7.40. The minimum Gasteiger partial charge on any atom is -0.376 e. The van der Waals surface area contributed by atoms with Crippen LogP contribution < -0.4 is 4.90 Å². The third-order valence-electron chi connectivity index (χ3n) is 5.23. The quantitative estimate of drug-likeness (QED) is 0.464. The number of fused-ring (bicyclic) bond motifs is 1. The Labute approximate surface area is 180 Å². The van der Waals surface area contributed by atoms with Gasteiger partial charge < -0.3 is 4.74 Å². The Morgan fingerprint density at radius 1 is 1.24 bits per heavy atom. The molecule has 0 saturated carbocycles. The molecule has 0 radical (unpaired) electrons. The topological polar surface area (TPSA) is 42.4 Å². The zero-order chi connectivity index (χ0) is 20.4. The average molecular weight is 427 g/mol. The van der Waals surface area contributed by atoms with Crippen molar-refractivity contribution in [3.8, 4) is 0 Å². The summed E-state index contributed by atoms with van der Waals surface area (Å²) in [4.78, 5) is 21.5. The summed E-state index contributed by atoms with van der Waals surface area (Å²) >= 11 is 3.30. The molecule has 1 aliphatic heterocycles. The number of aryl methyl sites for hydroxylation is 2. The van der Waals surface area contributed by atoms with E-state index in [-0.39, 0.29) is 12.0 Å². The number of ether oxygens (including phenoxy) is 1. The molecule has 2 heterocycles. The van der Waals surface area contributed by atoms with Crippen LogP contribution in [0.4, 0.5) is 5.13 Å². The van der Waals surface area contributed by atoms with Crippen LogP contribution in [0, 0.1) is 13.8 Å². The Morgan fingerprint density at radius 3 is 2.76 bits per heavy atom. The first-order valence-electron chi connectivity index (χ1n) is 10.1. The molecule has 1 amide bonds. The second kappa shape index (κ2) is 8.86. The number of hydrogen-bond donors (Lipinski definition) is 0. The smallest absolute Gasteiger partial charge is 0.261 e. The number of nitrogens with zero attached hydrogens (tertiary/aromatic N) is 2.